The Balaban J connectivity index is 2.75. The van der Waals surface area contributed by atoms with Crippen LogP contribution in [0.1, 0.15) is 0 Å². The molecule has 0 aliphatic rings. The molecule has 6 heteroatoms. The first kappa shape index (κ1) is 7.82. The number of hydrogen-bond acceptors (Lipinski definition) is 4. The first-order valence-corrected chi connectivity index (χ1v) is 4.82. The fraction of sp³-hybridized carbons (Fsp3) is 0.167. The Kier molecular flexibility index (Phi) is 1.90. The molecular weight excluding hydrogens is 196 g/mol. The Hall–Kier alpha value is -0.810. The van der Waals surface area contributed by atoms with Crippen LogP contribution in [-0.4, -0.2) is 26.4 Å². The number of aromatic amines is 1. The molecule has 0 aliphatic carbocycles. The van der Waals surface area contributed by atoms with E-state index < -0.39 is 0 Å². The third-order valence-corrected chi connectivity index (χ3v) is 2.26. The van der Waals surface area contributed by atoms with Crippen LogP contribution in [0.25, 0.3) is 11.0 Å². The van der Waals surface area contributed by atoms with Crippen molar-refractivity contribution in [3.8, 4) is 0 Å². The van der Waals surface area contributed by atoms with Gasteiger partial charge in [0.2, 0.25) is 0 Å². The maximum Gasteiger partial charge on any atom is 0.190 e. The molecule has 62 valence electrons. The zero-order valence-corrected chi connectivity index (χ0v) is 7.78. The van der Waals surface area contributed by atoms with Gasteiger partial charge in [0.05, 0.1) is 11.6 Å². The van der Waals surface area contributed by atoms with E-state index in [1.54, 1.807) is 6.20 Å². The van der Waals surface area contributed by atoms with Crippen LogP contribution in [0.3, 0.4) is 0 Å². The van der Waals surface area contributed by atoms with Crippen molar-refractivity contribution in [3.05, 3.63) is 11.3 Å². The number of nitrogens with one attached hydrogen (secondary N) is 1. The van der Waals surface area contributed by atoms with Gasteiger partial charge in [0, 0.05) is 0 Å². The molecule has 2 aromatic rings. The fourth-order valence-corrected chi connectivity index (χ4v) is 1.51. The third kappa shape index (κ3) is 1.15. The van der Waals surface area contributed by atoms with E-state index in [0.717, 1.165) is 5.39 Å². The van der Waals surface area contributed by atoms with Gasteiger partial charge in [0.25, 0.3) is 0 Å². The smallest absolute Gasteiger partial charge is 0.190 e. The Labute approximate surface area is 77.7 Å². The number of rotatable bonds is 1. The lowest BCUT2D eigenvalue weighted by molar-refractivity contribution is 0.985. The second kappa shape index (κ2) is 2.91. The average Bonchev–Trinajstić information content (AvgIpc) is 2.52. The van der Waals surface area contributed by atoms with Crippen molar-refractivity contribution in [3.63, 3.8) is 0 Å². The molecule has 1 N–H and O–H groups in total. The predicted molar refractivity (Wildman–Crippen MR) is 48.5 cm³/mol. The van der Waals surface area contributed by atoms with E-state index >= 15 is 0 Å². The Morgan fingerprint density at radius 3 is 3.08 bits per heavy atom. The van der Waals surface area contributed by atoms with Gasteiger partial charge in [-0.2, -0.15) is 5.10 Å². The molecule has 2 rings (SSSR count). The van der Waals surface area contributed by atoms with Crippen LogP contribution < -0.4 is 0 Å². The lowest BCUT2D eigenvalue weighted by Gasteiger charge is -1.95. The number of hydrogen-bond donors (Lipinski definition) is 1. The van der Waals surface area contributed by atoms with Crippen LogP contribution in [-0.2, 0) is 0 Å². The predicted octanol–water partition coefficient (Wildman–Crippen LogP) is 1.73. The van der Waals surface area contributed by atoms with E-state index in [4.69, 9.17) is 11.6 Å². The summed E-state index contributed by atoms with van der Waals surface area (Å²) < 4.78 is 0. The molecule has 0 radical (unpaired) electrons. The molecule has 2 aromatic heterocycles. The minimum absolute atomic E-state index is 0.443. The van der Waals surface area contributed by atoms with Crippen LogP contribution in [0.4, 0.5) is 0 Å². The van der Waals surface area contributed by atoms with Crippen molar-refractivity contribution in [1.29, 1.82) is 0 Å². The van der Waals surface area contributed by atoms with Crippen LogP contribution in [0.2, 0.25) is 5.15 Å². The van der Waals surface area contributed by atoms with Crippen molar-refractivity contribution in [2.75, 3.05) is 6.26 Å². The fourth-order valence-electron chi connectivity index (χ4n) is 0.872. The summed E-state index contributed by atoms with van der Waals surface area (Å²) >= 11 is 7.30. The Morgan fingerprint density at radius 2 is 2.33 bits per heavy atom. The molecule has 0 aromatic carbocycles. The normalized spacial score (nSPS) is 10.8. The average molecular weight is 201 g/mol. The van der Waals surface area contributed by atoms with Gasteiger partial charge in [-0.15, -0.1) is 0 Å². The van der Waals surface area contributed by atoms with Gasteiger partial charge < -0.3 is 0 Å². The molecule has 0 atom stereocenters. The molecule has 0 fully saturated rings. The van der Waals surface area contributed by atoms with Gasteiger partial charge in [-0.1, -0.05) is 23.4 Å². The van der Waals surface area contributed by atoms with Crippen molar-refractivity contribution in [2.24, 2.45) is 0 Å². The van der Waals surface area contributed by atoms with Crippen molar-refractivity contribution < 1.29 is 0 Å². The zero-order valence-electron chi connectivity index (χ0n) is 6.21. The van der Waals surface area contributed by atoms with E-state index in [1.165, 1.54) is 11.8 Å². The zero-order chi connectivity index (χ0) is 8.55. The summed E-state index contributed by atoms with van der Waals surface area (Å²) in [6, 6.07) is 0. The molecule has 12 heavy (non-hydrogen) atoms. The second-order valence-electron chi connectivity index (χ2n) is 2.13. The minimum Gasteiger partial charge on any atom is -0.261 e. The number of nitrogens with zero attached hydrogens (tertiary/aromatic N) is 3. The molecule has 0 saturated carbocycles. The number of halogens is 1. The molecule has 0 unspecified atom stereocenters. The maximum absolute atomic E-state index is 5.86. The summed E-state index contributed by atoms with van der Waals surface area (Å²) in [6.07, 6.45) is 3.51. The first-order valence-electron chi connectivity index (χ1n) is 3.22. The number of H-pyrrole nitrogens is 1. The third-order valence-electron chi connectivity index (χ3n) is 1.43. The number of aromatic nitrogens is 4. The summed E-state index contributed by atoms with van der Waals surface area (Å²) in [7, 11) is 0. The van der Waals surface area contributed by atoms with Crippen LogP contribution in [0.15, 0.2) is 11.4 Å². The van der Waals surface area contributed by atoms with Gasteiger partial charge in [0.1, 0.15) is 5.15 Å². The second-order valence-corrected chi connectivity index (χ2v) is 3.26. The minimum atomic E-state index is 0.443. The molecule has 0 saturated heterocycles. The topological polar surface area (TPSA) is 54.5 Å². The lowest BCUT2D eigenvalue weighted by atomic mass is 10.4. The van der Waals surface area contributed by atoms with E-state index in [0.29, 0.717) is 16.0 Å². The first-order chi connectivity index (χ1) is 5.81. The highest BCUT2D eigenvalue weighted by Crippen LogP contribution is 2.20. The largest absolute Gasteiger partial charge is 0.261 e. The van der Waals surface area contributed by atoms with E-state index in [2.05, 4.69) is 20.2 Å². The highest BCUT2D eigenvalue weighted by Gasteiger charge is 2.05. The highest BCUT2D eigenvalue weighted by molar-refractivity contribution is 7.98. The van der Waals surface area contributed by atoms with Gasteiger partial charge in [-0.05, 0) is 6.26 Å². The lowest BCUT2D eigenvalue weighted by Crippen LogP contribution is -1.87. The van der Waals surface area contributed by atoms with Crippen LogP contribution in [0.5, 0.6) is 0 Å². The summed E-state index contributed by atoms with van der Waals surface area (Å²) in [5.41, 5.74) is 0.680. The van der Waals surface area contributed by atoms with Crippen molar-refractivity contribution in [2.45, 2.75) is 5.16 Å². The molecule has 0 amide bonds. The van der Waals surface area contributed by atoms with Crippen LogP contribution in [0, 0.1) is 0 Å². The summed E-state index contributed by atoms with van der Waals surface area (Å²) in [5, 5.41) is 8.40. The van der Waals surface area contributed by atoms with Gasteiger partial charge in [0.15, 0.2) is 10.8 Å². The monoisotopic (exact) mass is 200 g/mol. The maximum atomic E-state index is 5.86. The molecule has 0 aliphatic heterocycles. The van der Waals surface area contributed by atoms with Gasteiger partial charge in [-0.25, -0.2) is 9.97 Å². The standard InChI is InChI=1S/C6H5ClN4S/c1-12-6-9-4(7)3-2-8-11-5(3)10-6/h2H,1H3,(H,8,9,10,11). The summed E-state index contributed by atoms with van der Waals surface area (Å²) in [5.74, 6) is 0. The SMILES string of the molecule is CSc1nc(Cl)c2cn[nH]c2n1. The Morgan fingerprint density at radius 1 is 1.50 bits per heavy atom. The molecule has 2 heterocycles. The van der Waals surface area contributed by atoms with E-state index in [1.807, 2.05) is 6.26 Å². The highest BCUT2D eigenvalue weighted by atomic mass is 35.5. The summed E-state index contributed by atoms with van der Waals surface area (Å²) in [6.45, 7) is 0. The van der Waals surface area contributed by atoms with E-state index in [9.17, 15) is 0 Å². The van der Waals surface area contributed by atoms with E-state index in [-0.39, 0.29) is 0 Å². The van der Waals surface area contributed by atoms with Gasteiger partial charge >= 0.3 is 0 Å². The van der Waals surface area contributed by atoms with Gasteiger partial charge in [-0.3, -0.25) is 5.10 Å². The molecule has 0 bridgehead atoms. The molecule has 0 spiro atoms. The quantitative estimate of drug-likeness (QED) is 0.433. The summed E-state index contributed by atoms with van der Waals surface area (Å²) in [4.78, 5) is 8.21. The number of fused-ring (bicyclic) bond motifs is 1. The number of thioether (sulfide) groups is 1. The van der Waals surface area contributed by atoms with Crippen molar-refractivity contribution in [1.82, 2.24) is 20.2 Å². The molecule has 4 nitrogen and oxygen atoms in total. The van der Waals surface area contributed by atoms with Crippen LogP contribution >= 0.6 is 23.4 Å². The molecular formula is C6H5ClN4S. The Bertz CT molecular complexity index is 413. The van der Waals surface area contributed by atoms with Crippen molar-refractivity contribution >= 4 is 34.4 Å².